The van der Waals surface area contributed by atoms with Crippen molar-refractivity contribution in [1.82, 2.24) is 15.2 Å². The minimum atomic E-state index is -0.602. The van der Waals surface area contributed by atoms with Crippen LogP contribution in [0, 0.1) is 5.82 Å². The lowest BCUT2D eigenvalue weighted by molar-refractivity contribution is -0.131. The minimum Gasteiger partial charge on any atom is -0.353 e. The quantitative estimate of drug-likeness (QED) is 0.653. The highest BCUT2D eigenvalue weighted by atomic mass is 19.1. The Morgan fingerprint density at radius 1 is 1.06 bits per heavy atom. The number of amides is 4. The first-order valence-electron chi connectivity index (χ1n) is 9.98. The van der Waals surface area contributed by atoms with E-state index >= 15 is 0 Å². The topological polar surface area (TPSA) is 107 Å². The van der Waals surface area contributed by atoms with Crippen LogP contribution in [0.25, 0.3) is 0 Å². The number of pyridine rings is 1. The first kappa shape index (κ1) is 22.0. The van der Waals surface area contributed by atoms with E-state index in [0.29, 0.717) is 31.9 Å². The lowest BCUT2D eigenvalue weighted by atomic mass is 10.2. The Morgan fingerprint density at radius 3 is 2.52 bits per heavy atom. The van der Waals surface area contributed by atoms with E-state index in [-0.39, 0.29) is 24.6 Å². The smallest absolute Gasteiger partial charge is 0.319 e. The van der Waals surface area contributed by atoms with Gasteiger partial charge in [0.15, 0.2) is 0 Å². The van der Waals surface area contributed by atoms with Crippen LogP contribution in [-0.2, 0) is 9.59 Å². The molecule has 1 saturated heterocycles. The van der Waals surface area contributed by atoms with Crippen LogP contribution in [0.3, 0.4) is 0 Å². The van der Waals surface area contributed by atoms with Crippen molar-refractivity contribution in [3.63, 3.8) is 0 Å². The minimum absolute atomic E-state index is 0.0228. The number of halogens is 1. The van der Waals surface area contributed by atoms with E-state index in [1.165, 1.54) is 19.1 Å². The Hall–Kier alpha value is -3.69. The summed E-state index contributed by atoms with van der Waals surface area (Å²) in [5, 5.41) is 7.52. The predicted molar refractivity (Wildman–Crippen MR) is 115 cm³/mol. The maximum absolute atomic E-state index is 13.7. The van der Waals surface area contributed by atoms with Crippen LogP contribution in [0.2, 0.25) is 0 Å². The number of rotatable bonds is 6. The second-order valence-electron chi connectivity index (χ2n) is 7.06. The Bertz CT molecular complexity index is 932. The third-order valence-electron chi connectivity index (χ3n) is 4.77. The molecular weight excluding hydrogens is 403 g/mol. The van der Waals surface area contributed by atoms with E-state index in [1.807, 2.05) is 18.2 Å². The average molecular weight is 428 g/mol. The van der Waals surface area contributed by atoms with Gasteiger partial charge in [-0.2, -0.15) is 0 Å². The Kier molecular flexibility index (Phi) is 7.36. The molecule has 1 aromatic heterocycles. The Labute approximate surface area is 179 Å². The fourth-order valence-electron chi connectivity index (χ4n) is 3.23. The number of carbonyl (C=O) groups excluding carboxylic acids is 3. The molecule has 164 valence electrons. The van der Waals surface area contributed by atoms with Gasteiger partial charge >= 0.3 is 6.03 Å². The fourth-order valence-corrected chi connectivity index (χ4v) is 3.23. The zero-order valence-electron chi connectivity index (χ0n) is 17.2. The van der Waals surface area contributed by atoms with E-state index < -0.39 is 17.8 Å². The van der Waals surface area contributed by atoms with E-state index in [0.717, 1.165) is 11.9 Å². The van der Waals surface area contributed by atoms with Gasteiger partial charge in [-0.15, -0.1) is 0 Å². The van der Waals surface area contributed by atoms with Crippen molar-refractivity contribution in [2.24, 2.45) is 0 Å². The van der Waals surface area contributed by atoms with Gasteiger partial charge in [0.05, 0.1) is 5.69 Å². The Morgan fingerprint density at radius 2 is 1.84 bits per heavy atom. The molecule has 1 aliphatic rings. The lowest BCUT2D eigenvalue weighted by Gasteiger charge is -2.35. The molecule has 3 rings (SSSR count). The van der Waals surface area contributed by atoms with Crippen molar-refractivity contribution in [3.8, 4) is 0 Å². The molecule has 0 spiro atoms. The molecule has 0 bridgehead atoms. The first-order chi connectivity index (χ1) is 14.9. The monoisotopic (exact) mass is 428 g/mol. The molecule has 1 aliphatic heterocycles. The molecule has 10 heteroatoms. The normalized spacial score (nSPS) is 13.5. The number of nitrogens with one attached hydrogen (secondary N) is 3. The molecule has 2 aromatic rings. The third kappa shape index (κ3) is 6.39. The highest BCUT2D eigenvalue weighted by molar-refractivity contribution is 5.92. The number of carbonyl (C=O) groups is 3. The molecule has 9 nitrogen and oxygen atoms in total. The van der Waals surface area contributed by atoms with E-state index in [9.17, 15) is 18.8 Å². The maximum atomic E-state index is 13.7. The van der Waals surface area contributed by atoms with Crippen molar-refractivity contribution in [2.45, 2.75) is 13.3 Å². The maximum Gasteiger partial charge on any atom is 0.319 e. The molecule has 1 fully saturated rings. The number of hydrogen-bond acceptors (Lipinski definition) is 5. The molecule has 4 amide bonds. The van der Waals surface area contributed by atoms with E-state index in [4.69, 9.17) is 0 Å². The largest absolute Gasteiger partial charge is 0.353 e. The van der Waals surface area contributed by atoms with E-state index in [1.54, 1.807) is 11.1 Å². The van der Waals surface area contributed by atoms with Crippen molar-refractivity contribution < 1.29 is 18.8 Å². The van der Waals surface area contributed by atoms with Gasteiger partial charge in [0.2, 0.25) is 11.8 Å². The molecule has 0 atom stereocenters. The number of hydrogen-bond donors (Lipinski definition) is 3. The van der Waals surface area contributed by atoms with Crippen molar-refractivity contribution in [2.75, 3.05) is 48.3 Å². The van der Waals surface area contributed by atoms with Gasteiger partial charge in [0.1, 0.15) is 11.6 Å². The first-order valence-corrected chi connectivity index (χ1v) is 9.98. The standard InChI is InChI=1S/C21H25FN6O3/c1-15(29)25-18-14-16(5-6-17(18)22)26-21(31)24-9-7-20(30)28-12-10-27(11-13-28)19-4-2-3-8-23-19/h2-6,8,14H,7,9-13H2,1H3,(H,25,29)(H2,24,26,31). The summed E-state index contributed by atoms with van der Waals surface area (Å²) in [7, 11) is 0. The zero-order chi connectivity index (χ0) is 22.2. The van der Waals surface area contributed by atoms with Crippen molar-refractivity contribution in [1.29, 1.82) is 0 Å². The van der Waals surface area contributed by atoms with Gasteiger partial charge in [0, 0.05) is 58.0 Å². The highest BCUT2D eigenvalue weighted by Gasteiger charge is 2.21. The summed E-state index contributed by atoms with van der Waals surface area (Å²) in [5.74, 6) is -0.152. The van der Waals surface area contributed by atoms with Crippen LogP contribution < -0.4 is 20.9 Å². The molecule has 0 saturated carbocycles. The molecular formula is C21H25FN6O3. The summed E-state index contributed by atoms with van der Waals surface area (Å²) in [6, 6.07) is 9.07. The summed E-state index contributed by atoms with van der Waals surface area (Å²) in [4.78, 5) is 43.8. The van der Waals surface area contributed by atoms with E-state index in [2.05, 4.69) is 25.8 Å². The second kappa shape index (κ2) is 10.4. The summed E-state index contributed by atoms with van der Waals surface area (Å²) < 4.78 is 13.7. The van der Waals surface area contributed by atoms with Gasteiger partial charge in [-0.25, -0.2) is 14.2 Å². The zero-order valence-corrected chi connectivity index (χ0v) is 17.2. The molecule has 3 N–H and O–H groups in total. The van der Waals surface area contributed by atoms with Crippen molar-refractivity contribution in [3.05, 3.63) is 48.4 Å². The molecule has 31 heavy (non-hydrogen) atoms. The summed E-state index contributed by atoms with van der Waals surface area (Å²) >= 11 is 0. The number of urea groups is 1. The van der Waals surface area contributed by atoms with Crippen LogP contribution in [0.15, 0.2) is 42.6 Å². The molecule has 0 radical (unpaired) electrons. The van der Waals surface area contributed by atoms with Gasteiger partial charge < -0.3 is 25.8 Å². The van der Waals surface area contributed by atoms with Crippen LogP contribution in [0.5, 0.6) is 0 Å². The van der Waals surface area contributed by atoms with Crippen molar-refractivity contribution >= 4 is 35.0 Å². The summed E-state index contributed by atoms with van der Waals surface area (Å²) in [6.07, 6.45) is 1.92. The van der Waals surface area contributed by atoms with Gasteiger partial charge in [0.25, 0.3) is 0 Å². The summed E-state index contributed by atoms with van der Waals surface area (Å²) in [6.45, 7) is 4.05. The number of benzene rings is 1. The number of aromatic nitrogens is 1. The van der Waals surface area contributed by atoms with Crippen LogP contribution in [0.1, 0.15) is 13.3 Å². The molecule has 1 aromatic carbocycles. The van der Waals surface area contributed by atoms with Gasteiger partial charge in [-0.1, -0.05) is 6.07 Å². The van der Waals surface area contributed by atoms with Crippen LogP contribution >= 0.6 is 0 Å². The molecule has 0 aliphatic carbocycles. The number of anilines is 3. The van der Waals surface area contributed by atoms with Crippen LogP contribution in [-0.4, -0.2) is 60.5 Å². The van der Waals surface area contributed by atoms with Crippen LogP contribution in [0.4, 0.5) is 26.4 Å². The fraction of sp³-hybridized carbons (Fsp3) is 0.333. The molecule has 2 heterocycles. The third-order valence-corrected chi connectivity index (χ3v) is 4.77. The van der Waals surface area contributed by atoms with Gasteiger partial charge in [-0.3, -0.25) is 9.59 Å². The second-order valence-corrected chi connectivity index (χ2v) is 7.06. The average Bonchev–Trinajstić information content (AvgIpc) is 2.76. The highest BCUT2D eigenvalue weighted by Crippen LogP contribution is 2.19. The lowest BCUT2D eigenvalue weighted by Crippen LogP contribution is -2.49. The SMILES string of the molecule is CC(=O)Nc1cc(NC(=O)NCCC(=O)N2CCN(c3ccccn3)CC2)ccc1F. The molecule has 0 unspecified atom stereocenters. The predicted octanol–water partition coefficient (Wildman–Crippen LogP) is 2.04. The Balaban J connectivity index is 1.40. The number of piperazine rings is 1. The van der Waals surface area contributed by atoms with Gasteiger partial charge in [-0.05, 0) is 30.3 Å². The number of nitrogens with zero attached hydrogens (tertiary/aromatic N) is 3. The summed E-state index contributed by atoms with van der Waals surface area (Å²) in [5.41, 5.74) is 0.296.